The molecule has 0 atom stereocenters. The minimum absolute atomic E-state index is 0.526. The van der Waals surface area contributed by atoms with Crippen molar-refractivity contribution in [1.29, 1.82) is 0 Å². The molecule has 2 aromatic heterocycles. The second-order valence-electron chi connectivity index (χ2n) is 15.6. The number of hydrogen-bond acceptors (Lipinski definition) is 1. The maximum absolute atomic E-state index is 6.78. The molecule has 2 aliphatic rings. The van der Waals surface area contributed by atoms with Crippen molar-refractivity contribution in [3.63, 3.8) is 0 Å². The van der Waals surface area contributed by atoms with Crippen LogP contribution >= 0.6 is 0 Å². The highest BCUT2D eigenvalue weighted by atomic mass is 16.5. The van der Waals surface area contributed by atoms with Crippen LogP contribution in [0.4, 0.5) is 0 Å². The van der Waals surface area contributed by atoms with Gasteiger partial charge in [0.05, 0.1) is 27.5 Å². The Morgan fingerprint density at radius 3 is 1.43 bits per heavy atom. The van der Waals surface area contributed by atoms with Gasteiger partial charge >= 0.3 is 0 Å². The third kappa shape index (κ3) is 4.12. The van der Waals surface area contributed by atoms with Gasteiger partial charge in [0, 0.05) is 44.0 Å². The summed E-state index contributed by atoms with van der Waals surface area (Å²) in [7, 11) is 0. The largest absolute Gasteiger partial charge is 0.457 e. The van der Waals surface area contributed by atoms with E-state index in [1.54, 1.807) is 0 Å². The molecule has 1 aliphatic carbocycles. The highest BCUT2D eigenvalue weighted by Gasteiger charge is 2.51. The van der Waals surface area contributed by atoms with Crippen LogP contribution in [-0.2, 0) is 5.41 Å². The smallest absolute Gasteiger partial charge is 0.132 e. The van der Waals surface area contributed by atoms with Crippen molar-refractivity contribution in [3.8, 4) is 45.1 Å². The van der Waals surface area contributed by atoms with E-state index in [0.29, 0.717) is 0 Å². The minimum atomic E-state index is -0.526. The lowest BCUT2D eigenvalue weighted by molar-refractivity contribution is 0.436. The van der Waals surface area contributed by atoms with Gasteiger partial charge < -0.3 is 13.9 Å². The first-order valence-electron chi connectivity index (χ1n) is 20.0. The maximum atomic E-state index is 6.78. The van der Waals surface area contributed by atoms with Gasteiger partial charge in [-0.05, 0) is 106 Å². The number of hydrogen-bond donors (Lipinski definition) is 0. The van der Waals surface area contributed by atoms with Crippen molar-refractivity contribution in [3.05, 3.63) is 229 Å². The van der Waals surface area contributed by atoms with Gasteiger partial charge in [0.25, 0.3) is 0 Å². The Kier molecular flexibility index (Phi) is 6.37. The van der Waals surface area contributed by atoms with E-state index in [1.807, 2.05) is 0 Å². The first-order chi connectivity index (χ1) is 28.8. The zero-order chi connectivity index (χ0) is 38.0. The summed E-state index contributed by atoms with van der Waals surface area (Å²) >= 11 is 0. The molecule has 270 valence electrons. The third-order valence-electron chi connectivity index (χ3n) is 12.8. The molecule has 13 rings (SSSR count). The molecule has 0 fully saturated rings. The minimum Gasteiger partial charge on any atom is -0.457 e. The van der Waals surface area contributed by atoms with Crippen LogP contribution in [0.25, 0.3) is 77.2 Å². The molecule has 0 amide bonds. The lowest BCUT2D eigenvalue weighted by Crippen LogP contribution is -2.32. The average Bonchev–Trinajstić information content (AvgIpc) is 3.91. The first-order valence-corrected chi connectivity index (χ1v) is 20.0. The van der Waals surface area contributed by atoms with Gasteiger partial charge in [-0.2, -0.15) is 0 Å². The fraction of sp³-hybridized carbons (Fsp3) is 0.0182. The van der Waals surface area contributed by atoms with Crippen LogP contribution in [0.1, 0.15) is 22.3 Å². The highest BCUT2D eigenvalue weighted by Crippen LogP contribution is 2.62. The Labute approximate surface area is 335 Å². The number of aromatic nitrogens is 2. The Bertz CT molecular complexity index is 3450. The quantitative estimate of drug-likeness (QED) is 0.177. The van der Waals surface area contributed by atoms with Crippen LogP contribution in [0.5, 0.6) is 11.5 Å². The third-order valence-corrected chi connectivity index (χ3v) is 12.8. The molecule has 3 nitrogen and oxygen atoms in total. The van der Waals surface area contributed by atoms with Gasteiger partial charge in [0.1, 0.15) is 11.5 Å². The summed E-state index contributed by atoms with van der Waals surface area (Å²) in [5, 5.41) is 4.96. The Morgan fingerprint density at radius 1 is 0.310 bits per heavy atom. The van der Waals surface area contributed by atoms with E-state index in [1.165, 1.54) is 88.2 Å². The van der Waals surface area contributed by atoms with Gasteiger partial charge in [-0.25, -0.2) is 0 Å². The second-order valence-corrected chi connectivity index (χ2v) is 15.6. The molecule has 0 bridgehead atoms. The van der Waals surface area contributed by atoms with E-state index >= 15 is 0 Å². The number of nitrogens with zero attached hydrogens (tertiary/aromatic N) is 2. The van der Waals surface area contributed by atoms with Crippen LogP contribution < -0.4 is 4.74 Å². The zero-order valence-electron chi connectivity index (χ0n) is 31.4. The standard InChI is InChI=1S/C55H34N2O/c1-2-14-37(15-3-1)56-49-23-11-6-18-41(49)43-32-35(26-29-51(43)56)36-27-30-52-44(33-36)42-19-7-12-24-50(42)57(52)38-28-31-54-48(34-38)55(47-22-10-13-25-53(47)58-54)45-20-8-4-16-39(45)40-17-5-9-21-46(40)55/h1-34H. The number of fused-ring (bicyclic) bond motifs is 15. The van der Waals surface area contributed by atoms with Crippen LogP contribution in [0, 0.1) is 0 Å². The molecule has 9 aromatic carbocycles. The summed E-state index contributed by atoms with van der Waals surface area (Å²) in [6.07, 6.45) is 0. The topological polar surface area (TPSA) is 19.1 Å². The molecule has 1 spiro atoms. The summed E-state index contributed by atoms with van der Waals surface area (Å²) in [6.45, 7) is 0. The summed E-state index contributed by atoms with van der Waals surface area (Å²) < 4.78 is 11.6. The molecule has 0 N–H and O–H groups in total. The lowest BCUT2D eigenvalue weighted by atomic mass is 9.66. The van der Waals surface area contributed by atoms with E-state index in [9.17, 15) is 0 Å². The summed E-state index contributed by atoms with van der Waals surface area (Å²) in [5.74, 6) is 1.79. The first kappa shape index (κ1) is 31.6. The molecule has 0 saturated heterocycles. The van der Waals surface area contributed by atoms with Crippen molar-refractivity contribution in [2.75, 3.05) is 0 Å². The molecule has 0 radical (unpaired) electrons. The fourth-order valence-corrected chi connectivity index (χ4v) is 10.4. The van der Waals surface area contributed by atoms with E-state index in [4.69, 9.17) is 4.74 Å². The molecule has 0 unspecified atom stereocenters. The average molecular weight is 739 g/mol. The fourth-order valence-electron chi connectivity index (χ4n) is 10.4. The number of para-hydroxylation sites is 4. The molecule has 1 aliphatic heterocycles. The Morgan fingerprint density at radius 2 is 0.793 bits per heavy atom. The van der Waals surface area contributed by atoms with Crippen molar-refractivity contribution in [2.24, 2.45) is 0 Å². The van der Waals surface area contributed by atoms with Gasteiger partial charge in [0.15, 0.2) is 0 Å². The predicted octanol–water partition coefficient (Wildman–Crippen LogP) is 14.0. The molecular weight excluding hydrogens is 705 g/mol. The van der Waals surface area contributed by atoms with Crippen molar-refractivity contribution >= 4 is 43.6 Å². The van der Waals surface area contributed by atoms with Crippen LogP contribution in [-0.4, -0.2) is 9.13 Å². The van der Waals surface area contributed by atoms with Gasteiger partial charge in [-0.1, -0.05) is 133 Å². The Balaban J connectivity index is 1.02. The van der Waals surface area contributed by atoms with Gasteiger partial charge in [-0.3, -0.25) is 0 Å². The number of rotatable bonds is 3. The van der Waals surface area contributed by atoms with Crippen molar-refractivity contribution in [1.82, 2.24) is 9.13 Å². The van der Waals surface area contributed by atoms with Crippen LogP contribution in [0.3, 0.4) is 0 Å². The van der Waals surface area contributed by atoms with Crippen molar-refractivity contribution in [2.45, 2.75) is 5.41 Å². The van der Waals surface area contributed by atoms with Gasteiger partial charge in [0.2, 0.25) is 0 Å². The maximum Gasteiger partial charge on any atom is 0.132 e. The normalized spacial score (nSPS) is 13.4. The molecule has 3 heteroatoms. The summed E-state index contributed by atoms with van der Waals surface area (Å²) in [4.78, 5) is 0. The van der Waals surface area contributed by atoms with Crippen molar-refractivity contribution < 1.29 is 4.74 Å². The molecule has 3 heterocycles. The highest BCUT2D eigenvalue weighted by molar-refractivity contribution is 6.12. The molecule has 11 aromatic rings. The van der Waals surface area contributed by atoms with Crippen LogP contribution in [0.2, 0.25) is 0 Å². The summed E-state index contributed by atoms with van der Waals surface area (Å²) in [6, 6.07) is 75.4. The molecule has 0 saturated carbocycles. The molecular formula is C55H34N2O. The van der Waals surface area contributed by atoms with E-state index in [0.717, 1.165) is 22.7 Å². The molecule has 58 heavy (non-hydrogen) atoms. The second kappa shape index (κ2) is 11.7. The monoisotopic (exact) mass is 738 g/mol. The van der Waals surface area contributed by atoms with Gasteiger partial charge in [-0.15, -0.1) is 0 Å². The number of ether oxygens (including phenoxy) is 1. The predicted molar refractivity (Wildman–Crippen MR) is 238 cm³/mol. The van der Waals surface area contributed by atoms with E-state index in [-0.39, 0.29) is 0 Å². The van der Waals surface area contributed by atoms with Crippen LogP contribution in [0.15, 0.2) is 206 Å². The van der Waals surface area contributed by atoms with E-state index in [2.05, 4.69) is 215 Å². The summed E-state index contributed by atoms with van der Waals surface area (Å²) in [5.41, 5.74) is 16.4. The van der Waals surface area contributed by atoms with E-state index < -0.39 is 5.41 Å². The Hall–Kier alpha value is -7.62. The lowest BCUT2D eigenvalue weighted by Gasteiger charge is -2.39. The SMILES string of the molecule is c1ccc(-n2c3ccccc3c3cc(-c4ccc5c(c4)c4ccccc4n5-c4ccc5c(c4)C4(c6ccccc6O5)c5ccccc5-c5ccccc54)ccc32)cc1. The number of benzene rings is 9. The zero-order valence-corrected chi connectivity index (χ0v) is 31.4.